The maximum Gasteiger partial charge on any atom is 0.407 e. The monoisotopic (exact) mass is 482 g/mol. The van der Waals surface area contributed by atoms with Crippen molar-refractivity contribution in [2.75, 3.05) is 37.4 Å². The minimum absolute atomic E-state index is 0.0847. The van der Waals surface area contributed by atoms with E-state index >= 15 is 0 Å². The zero-order valence-electron chi connectivity index (χ0n) is 20.7. The average molecular weight is 483 g/mol. The molecule has 1 saturated heterocycles. The molecular weight excluding hydrogens is 448 g/mol. The number of amides is 1. The molecular formula is C27H34N2O4S. The fourth-order valence-electron chi connectivity index (χ4n) is 6.27. The van der Waals surface area contributed by atoms with Gasteiger partial charge in [0.1, 0.15) is 5.75 Å². The fraction of sp³-hybridized carbons (Fsp3) is 0.519. The molecule has 1 fully saturated rings. The molecule has 3 aliphatic heterocycles. The fourth-order valence-corrected chi connectivity index (χ4v) is 7.58. The Hall–Kier alpha value is -2.54. The molecule has 1 N–H and O–H groups in total. The predicted octanol–water partition coefficient (Wildman–Crippen LogP) is 5.14. The Morgan fingerprint density at radius 1 is 1.18 bits per heavy atom. The standard InChI is InChI=1S/C27H34N2O4S/c1-16-13-17(33-5)7-8-18(16)19-14-22-25-23(24(19)27(2,3)4)20-15-28(26(30)31)11-9-21(20)29(25)10-6-12-34(22)32/h7-8,13-14,20-21H,6,9-12,15H2,1-5H3,(H,30,31)/t20-,21+,34?/m1/s1. The molecule has 0 radical (unpaired) electrons. The van der Waals surface area contributed by atoms with Crippen LogP contribution in [0.25, 0.3) is 11.1 Å². The number of piperidine rings is 1. The minimum atomic E-state index is -1.08. The molecule has 3 aliphatic rings. The first-order chi connectivity index (χ1) is 16.1. The van der Waals surface area contributed by atoms with Gasteiger partial charge in [-0.2, -0.15) is 0 Å². The Labute approximate surface area is 204 Å². The van der Waals surface area contributed by atoms with Gasteiger partial charge in [-0.05, 0) is 71.2 Å². The van der Waals surface area contributed by atoms with Crippen LogP contribution in [0.15, 0.2) is 29.2 Å². The number of rotatable bonds is 2. The molecule has 34 heavy (non-hydrogen) atoms. The molecule has 6 nitrogen and oxygen atoms in total. The highest BCUT2D eigenvalue weighted by Crippen LogP contribution is 2.55. The maximum absolute atomic E-state index is 13.5. The molecule has 1 unspecified atom stereocenters. The van der Waals surface area contributed by atoms with Crippen LogP contribution in [0.4, 0.5) is 10.5 Å². The lowest BCUT2D eigenvalue weighted by Crippen LogP contribution is -2.48. The van der Waals surface area contributed by atoms with Crippen molar-refractivity contribution in [1.82, 2.24) is 4.90 Å². The Balaban J connectivity index is 1.83. The van der Waals surface area contributed by atoms with Gasteiger partial charge in [-0.1, -0.05) is 26.8 Å². The second-order valence-corrected chi connectivity index (χ2v) is 12.3. The Morgan fingerprint density at radius 3 is 2.59 bits per heavy atom. The predicted molar refractivity (Wildman–Crippen MR) is 136 cm³/mol. The van der Waals surface area contributed by atoms with E-state index in [1.807, 2.05) is 12.1 Å². The molecule has 3 atom stereocenters. The highest BCUT2D eigenvalue weighted by molar-refractivity contribution is 7.85. The van der Waals surface area contributed by atoms with Gasteiger partial charge in [0.2, 0.25) is 0 Å². The van der Waals surface area contributed by atoms with Gasteiger partial charge in [0.25, 0.3) is 0 Å². The van der Waals surface area contributed by atoms with Gasteiger partial charge in [0.05, 0.1) is 28.5 Å². The number of fused-ring (bicyclic) bond motifs is 3. The zero-order chi connectivity index (χ0) is 24.4. The van der Waals surface area contributed by atoms with E-state index in [1.165, 1.54) is 11.1 Å². The molecule has 7 heteroatoms. The summed E-state index contributed by atoms with van der Waals surface area (Å²) in [6.07, 6.45) is 0.834. The number of carbonyl (C=O) groups is 1. The van der Waals surface area contributed by atoms with E-state index in [1.54, 1.807) is 12.0 Å². The number of methoxy groups -OCH3 is 1. The third-order valence-electron chi connectivity index (χ3n) is 7.66. The van der Waals surface area contributed by atoms with Crippen molar-refractivity contribution >= 4 is 22.6 Å². The van der Waals surface area contributed by atoms with Crippen LogP contribution in [0.3, 0.4) is 0 Å². The number of hydrogen-bond donors (Lipinski definition) is 1. The first-order valence-electron chi connectivity index (χ1n) is 12.1. The number of benzene rings is 2. The lowest BCUT2D eigenvalue weighted by molar-refractivity contribution is 0.127. The highest BCUT2D eigenvalue weighted by atomic mass is 32.2. The van der Waals surface area contributed by atoms with E-state index in [2.05, 4.69) is 44.7 Å². The van der Waals surface area contributed by atoms with E-state index in [9.17, 15) is 14.1 Å². The van der Waals surface area contributed by atoms with Gasteiger partial charge in [-0.15, -0.1) is 0 Å². The summed E-state index contributed by atoms with van der Waals surface area (Å²) >= 11 is 0. The smallest absolute Gasteiger partial charge is 0.407 e. The summed E-state index contributed by atoms with van der Waals surface area (Å²) in [7, 11) is 0.591. The van der Waals surface area contributed by atoms with E-state index in [0.717, 1.165) is 52.4 Å². The number of hydrogen-bond acceptors (Lipinski definition) is 4. The Kier molecular flexibility index (Phi) is 5.66. The zero-order valence-corrected chi connectivity index (χ0v) is 21.5. The number of ether oxygens (including phenoxy) is 1. The summed E-state index contributed by atoms with van der Waals surface area (Å²) < 4.78 is 18.9. The van der Waals surface area contributed by atoms with Crippen molar-refractivity contribution in [3.05, 3.63) is 41.0 Å². The molecule has 0 bridgehead atoms. The number of carboxylic acid groups (broad SMARTS) is 1. The van der Waals surface area contributed by atoms with Gasteiger partial charge in [-0.25, -0.2) is 4.79 Å². The van der Waals surface area contributed by atoms with Crippen molar-refractivity contribution in [2.24, 2.45) is 0 Å². The molecule has 182 valence electrons. The van der Waals surface area contributed by atoms with Crippen LogP contribution in [0.5, 0.6) is 5.75 Å². The summed E-state index contributed by atoms with van der Waals surface area (Å²) in [5.41, 5.74) is 6.77. The molecule has 2 aromatic carbocycles. The van der Waals surface area contributed by atoms with Crippen LogP contribution in [0, 0.1) is 6.92 Å². The van der Waals surface area contributed by atoms with Crippen molar-refractivity contribution in [3.63, 3.8) is 0 Å². The van der Waals surface area contributed by atoms with Crippen molar-refractivity contribution in [3.8, 4) is 16.9 Å². The summed E-state index contributed by atoms with van der Waals surface area (Å²) in [6.45, 7) is 10.7. The van der Waals surface area contributed by atoms with Crippen molar-refractivity contribution in [2.45, 2.75) is 62.8 Å². The largest absolute Gasteiger partial charge is 0.497 e. The van der Waals surface area contributed by atoms with Gasteiger partial charge in [-0.3, -0.25) is 4.21 Å². The summed E-state index contributed by atoms with van der Waals surface area (Å²) in [4.78, 5) is 16.9. The lowest BCUT2D eigenvalue weighted by atomic mass is 9.74. The van der Waals surface area contributed by atoms with Crippen LogP contribution in [0.1, 0.15) is 56.2 Å². The number of likely N-dealkylation sites (tertiary alicyclic amines) is 1. The number of aryl methyl sites for hydroxylation is 1. The van der Waals surface area contributed by atoms with Gasteiger partial charge < -0.3 is 19.6 Å². The molecule has 0 aromatic heterocycles. The topological polar surface area (TPSA) is 70.1 Å². The maximum atomic E-state index is 13.5. The minimum Gasteiger partial charge on any atom is -0.497 e. The highest BCUT2D eigenvalue weighted by Gasteiger charge is 2.48. The molecule has 5 rings (SSSR count). The van der Waals surface area contributed by atoms with Crippen LogP contribution in [-0.2, 0) is 16.2 Å². The third-order valence-corrected chi connectivity index (χ3v) is 9.12. The second-order valence-electron chi connectivity index (χ2n) is 10.8. The second kappa shape index (κ2) is 8.29. The summed E-state index contributed by atoms with van der Waals surface area (Å²) in [6, 6.07) is 8.57. The molecule has 0 aliphatic carbocycles. The molecule has 0 spiro atoms. The van der Waals surface area contributed by atoms with Crippen molar-refractivity contribution < 1.29 is 18.8 Å². The van der Waals surface area contributed by atoms with E-state index < -0.39 is 16.9 Å². The molecule has 1 amide bonds. The Morgan fingerprint density at radius 2 is 1.94 bits per heavy atom. The third kappa shape index (κ3) is 3.60. The summed E-state index contributed by atoms with van der Waals surface area (Å²) in [5, 5.41) is 9.78. The van der Waals surface area contributed by atoms with Gasteiger partial charge in [0.15, 0.2) is 0 Å². The van der Waals surface area contributed by atoms with Crippen molar-refractivity contribution in [1.29, 1.82) is 0 Å². The average Bonchev–Trinajstić information content (AvgIpc) is 3.00. The lowest BCUT2D eigenvalue weighted by Gasteiger charge is -2.38. The van der Waals surface area contributed by atoms with Gasteiger partial charge >= 0.3 is 6.09 Å². The SMILES string of the molecule is COc1ccc(-c2cc3c4c(c2C(C)(C)C)[C@@H]2CN(C(=O)O)CC[C@@H]2N4CCCS3=O)c(C)c1. The normalized spacial score (nSPS) is 23.9. The van der Waals surface area contributed by atoms with Crippen LogP contribution in [0.2, 0.25) is 0 Å². The van der Waals surface area contributed by atoms with Crippen LogP contribution in [-0.4, -0.2) is 58.8 Å². The van der Waals surface area contributed by atoms with E-state index in [4.69, 9.17) is 4.74 Å². The van der Waals surface area contributed by atoms with Crippen LogP contribution < -0.4 is 9.64 Å². The number of anilines is 1. The first-order valence-corrected chi connectivity index (χ1v) is 13.4. The first kappa shape index (κ1) is 23.2. The quantitative estimate of drug-likeness (QED) is 0.642. The molecule has 3 heterocycles. The molecule has 0 saturated carbocycles. The van der Waals surface area contributed by atoms with Gasteiger partial charge in [0, 0.05) is 37.3 Å². The summed E-state index contributed by atoms with van der Waals surface area (Å²) in [5.74, 6) is 1.57. The number of nitrogens with zero attached hydrogens (tertiary/aromatic N) is 2. The Bertz CT molecular complexity index is 1190. The van der Waals surface area contributed by atoms with E-state index in [-0.39, 0.29) is 17.4 Å². The van der Waals surface area contributed by atoms with Crippen LogP contribution >= 0.6 is 0 Å². The van der Waals surface area contributed by atoms with E-state index in [0.29, 0.717) is 18.8 Å². The molecule has 2 aromatic rings.